The van der Waals surface area contributed by atoms with Crippen LogP contribution < -0.4 is 10.2 Å². The Hall–Kier alpha value is -2.41. The predicted octanol–water partition coefficient (Wildman–Crippen LogP) is 3.61. The second kappa shape index (κ2) is 8.44. The first-order valence-corrected chi connectivity index (χ1v) is 8.04. The van der Waals surface area contributed by atoms with E-state index in [1.54, 1.807) is 31.2 Å². The Morgan fingerprint density at radius 2 is 1.96 bits per heavy atom. The predicted molar refractivity (Wildman–Crippen MR) is 90.4 cm³/mol. The van der Waals surface area contributed by atoms with Gasteiger partial charge in [-0.3, -0.25) is 4.79 Å². The Morgan fingerprint density at radius 3 is 2.62 bits per heavy atom. The molecule has 0 unspecified atom stereocenters. The van der Waals surface area contributed by atoms with E-state index < -0.39 is 5.82 Å². The van der Waals surface area contributed by atoms with Gasteiger partial charge in [0.15, 0.2) is 11.6 Å². The molecule has 0 aliphatic heterocycles. The molecule has 24 heavy (non-hydrogen) atoms. The normalized spacial score (nSPS) is 11.2. The van der Waals surface area contributed by atoms with Gasteiger partial charge in [-0.1, -0.05) is 12.1 Å². The minimum Gasteiger partial charge on any atom is -0.494 e. The molecule has 4 nitrogen and oxygen atoms in total. The molecule has 0 aliphatic rings. The van der Waals surface area contributed by atoms with Crippen molar-refractivity contribution in [3.05, 3.63) is 59.7 Å². The lowest BCUT2D eigenvalue weighted by Gasteiger charge is -2.06. The highest BCUT2D eigenvalue weighted by Gasteiger charge is 2.08. The number of nitrogens with one attached hydrogen (secondary N) is 1. The third-order valence-corrected chi connectivity index (χ3v) is 4.16. The van der Waals surface area contributed by atoms with E-state index in [1.807, 2.05) is 0 Å². The number of nitrogens with zero attached hydrogens (tertiary/aromatic N) is 1. The van der Waals surface area contributed by atoms with Crippen LogP contribution in [0.25, 0.3) is 0 Å². The average Bonchev–Trinajstić information content (AvgIpc) is 2.58. The van der Waals surface area contributed by atoms with E-state index in [0.29, 0.717) is 16.2 Å². The first-order valence-electron chi connectivity index (χ1n) is 7.05. The molecule has 0 heterocycles. The van der Waals surface area contributed by atoms with Crippen LogP contribution in [0.3, 0.4) is 0 Å². The molecule has 0 spiro atoms. The second-order valence-electron chi connectivity index (χ2n) is 4.80. The number of rotatable bonds is 6. The van der Waals surface area contributed by atoms with Crippen molar-refractivity contribution in [2.75, 3.05) is 12.9 Å². The molecule has 0 aromatic heterocycles. The number of amides is 1. The SMILES string of the molecule is COc1ccc(/C(C)=N\NC(=O)CSc2ccccc2F)cc1F. The zero-order valence-corrected chi connectivity index (χ0v) is 14.0. The highest BCUT2D eigenvalue weighted by molar-refractivity contribution is 8.00. The summed E-state index contributed by atoms with van der Waals surface area (Å²) in [6.45, 7) is 1.64. The number of hydrogen-bond donors (Lipinski definition) is 1. The average molecular weight is 350 g/mol. The number of halogens is 2. The Bertz CT molecular complexity index is 766. The molecule has 2 rings (SSSR count). The summed E-state index contributed by atoms with van der Waals surface area (Å²) in [4.78, 5) is 12.2. The fourth-order valence-electron chi connectivity index (χ4n) is 1.84. The summed E-state index contributed by atoms with van der Waals surface area (Å²) < 4.78 is 31.9. The maximum Gasteiger partial charge on any atom is 0.250 e. The Labute approximate surface area is 142 Å². The van der Waals surface area contributed by atoms with Crippen molar-refractivity contribution in [3.63, 3.8) is 0 Å². The zero-order valence-electron chi connectivity index (χ0n) is 13.2. The minimum absolute atomic E-state index is 0.0225. The van der Waals surface area contributed by atoms with Gasteiger partial charge in [-0.15, -0.1) is 11.8 Å². The lowest BCUT2D eigenvalue weighted by Crippen LogP contribution is -2.21. The summed E-state index contributed by atoms with van der Waals surface area (Å²) in [7, 11) is 1.38. The van der Waals surface area contributed by atoms with Gasteiger partial charge in [0.05, 0.1) is 18.6 Å². The number of thioether (sulfide) groups is 1. The lowest BCUT2D eigenvalue weighted by molar-refractivity contribution is -0.118. The van der Waals surface area contributed by atoms with Crippen molar-refractivity contribution in [1.29, 1.82) is 0 Å². The third-order valence-electron chi connectivity index (χ3n) is 3.11. The fraction of sp³-hybridized carbons (Fsp3) is 0.176. The minimum atomic E-state index is -0.508. The molecular weight excluding hydrogens is 334 g/mol. The van der Waals surface area contributed by atoms with Gasteiger partial charge in [0, 0.05) is 10.5 Å². The fourth-order valence-corrected chi connectivity index (χ4v) is 2.57. The summed E-state index contributed by atoms with van der Waals surface area (Å²) in [5.41, 5.74) is 3.34. The maximum absolute atomic E-state index is 13.6. The van der Waals surface area contributed by atoms with E-state index >= 15 is 0 Å². The van der Waals surface area contributed by atoms with Crippen LogP contribution >= 0.6 is 11.8 Å². The van der Waals surface area contributed by atoms with Gasteiger partial charge >= 0.3 is 0 Å². The highest BCUT2D eigenvalue weighted by atomic mass is 32.2. The van der Waals surface area contributed by atoms with Crippen LogP contribution in [0, 0.1) is 11.6 Å². The van der Waals surface area contributed by atoms with Crippen LogP contribution in [0.2, 0.25) is 0 Å². The molecule has 0 saturated carbocycles. The first kappa shape index (κ1) is 17.9. The summed E-state index contributed by atoms with van der Waals surface area (Å²) in [5, 5.41) is 3.93. The van der Waals surface area contributed by atoms with Crippen LogP contribution in [0.15, 0.2) is 52.5 Å². The van der Waals surface area contributed by atoms with Crippen molar-refractivity contribution < 1.29 is 18.3 Å². The molecule has 0 radical (unpaired) electrons. The van der Waals surface area contributed by atoms with Crippen molar-refractivity contribution in [1.82, 2.24) is 5.43 Å². The van der Waals surface area contributed by atoms with E-state index in [-0.39, 0.29) is 23.2 Å². The van der Waals surface area contributed by atoms with E-state index in [1.165, 1.54) is 25.3 Å². The molecule has 1 amide bonds. The monoisotopic (exact) mass is 350 g/mol. The van der Waals surface area contributed by atoms with E-state index in [9.17, 15) is 13.6 Å². The van der Waals surface area contributed by atoms with Gasteiger partial charge in [-0.2, -0.15) is 5.10 Å². The van der Waals surface area contributed by atoms with Gasteiger partial charge in [0.2, 0.25) is 5.91 Å². The molecule has 0 fully saturated rings. The van der Waals surface area contributed by atoms with Crippen LogP contribution in [-0.2, 0) is 4.79 Å². The maximum atomic E-state index is 13.6. The molecule has 7 heteroatoms. The highest BCUT2D eigenvalue weighted by Crippen LogP contribution is 2.21. The molecule has 0 saturated heterocycles. The first-order chi connectivity index (χ1) is 11.5. The molecule has 0 atom stereocenters. The summed E-state index contributed by atoms with van der Waals surface area (Å²) in [6, 6.07) is 10.6. The molecule has 1 N–H and O–H groups in total. The lowest BCUT2D eigenvalue weighted by atomic mass is 10.1. The number of ether oxygens (including phenoxy) is 1. The Kier molecular flexibility index (Phi) is 6.31. The molecule has 0 bridgehead atoms. The standard InChI is InChI=1S/C17H16F2N2O2S/c1-11(12-7-8-15(23-2)14(19)9-12)20-21-17(22)10-24-16-6-4-3-5-13(16)18/h3-9H,10H2,1-2H3,(H,21,22)/b20-11-. The third kappa shape index (κ3) is 4.79. The van der Waals surface area contributed by atoms with Crippen LogP contribution in [-0.4, -0.2) is 24.5 Å². The van der Waals surface area contributed by atoms with Crippen molar-refractivity contribution >= 4 is 23.4 Å². The Morgan fingerprint density at radius 1 is 1.21 bits per heavy atom. The second-order valence-corrected chi connectivity index (χ2v) is 5.82. The molecular formula is C17H16F2N2O2S. The largest absolute Gasteiger partial charge is 0.494 e. The summed E-state index contributed by atoms with van der Waals surface area (Å²) >= 11 is 1.08. The van der Waals surface area contributed by atoms with Gasteiger partial charge in [0.1, 0.15) is 5.82 Å². The molecule has 2 aromatic carbocycles. The zero-order chi connectivity index (χ0) is 17.5. The topological polar surface area (TPSA) is 50.7 Å². The van der Waals surface area contributed by atoms with E-state index in [0.717, 1.165) is 11.8 Å². The number of methoxy groups -OCH3 is 1. The van der Waals surface area contributed by atoms with Crippen LogP contribution in [0.4, 0.5) is 8.78 Å². The Balaban J connectivity index is 1.93. The van der Waals surface area contributed by atoms with Gasteiger partial charge in [-0.05, 0) is 37.3 Å². The van der Waals surface area contributed by atoms with Crippen molar-refractivity contribution in [2.24, 2.45) is 5.10 Å². The molecule has 126 valence electrons. The van der Waals surface area contributed by atoms with Gasteiger partial charge in [0.25, 0.3) is 0 Å². The molecule has 2 aromatic rings. The number of carbonyl (C=O) groups excluding carboxylic acids is 1. The van der Waals surface area contributed by atoms with Crippen LogP contribution in [0.1, 0.15) is 12.5 Å². The number of benzene rings is 2. The van der Waals surface area contributed by atoms with Crippen molar-refractivity contribution in [3.8, 4) is 5.75 Å². The quantitative estimate of drug-likeness (QED) is 0.492. The summed E-state index contributed by atoms with van der Waals surface area (Å²) in [5.74, 6) is -1.10. The van der Waals surface area contributed by atoms with E-state index in [2.05, 4.69) is 10.5 Å². The van der Waals surface area contributed by atoms with Crippen LogP contribution in [0.5, 0.6) is 5.75 Å². The summed E-state index contributed by atoms with van der Waals surface area (Å²) in [6.07, 6.45) is 0. The number of hydrogen-bond acceptors (Lipinski definition) is 4. The molecule has 0 aliphatic carbocycles. The van der Waals surface area contributed by atoms with Gasteiger partial charge in [-0.25, -0.2) is 14.2 Å². The number of hydrazone groups is 1. The smallest absolute Gasteiger partial charge is 0.250 e. The van der Waals surface area contributed by atoms with Gasteiger partial charge < -0.3 is 4.74 Å². The van der Waals surface area contributed by atoms with Crippen molar-refractivity contribution in [2.45, 2.75) is 11.8 Å². The van der Waals surface area contributed by atoms with E-state index in [4.69, 9.17) is 4.74 Å². The number of carbonyl (C=O) groups is 1.